The summed E-state index contributed by atoms with van der Waals surface area (Å²) in [5.41, 5.74) is 9.66. The molecule has 0 fully saturated rings. The topological polar surface area (TPSA) is 182 Å². The van der Waals surface area contributed by atoms with Crippen molar-refractivity contribution in [2.75, 3.05) is 58.1 Å². The first kappa shape index (κ1) is 43.8. The van der Waals surface area contributed by atoms with Gasteiger partial charge < -0.3 is 31.2 Å². The molecule has 0 heterocycles. The number of hydrogen-bond acceptors (Lipinski definition) is 11. The standard InChI is InChI=1S/C25H42N4O4.C8H11NO.C2H3NO2/c1-4-10-21(2)29(3)19-23-22(20-30)11-9-12-24(23)28-25(31)13-7-5-6-8-14-26-15-17-33-18-16-27-32;1-6-3-4-7(9)8(5-6)10-2;4-1-3-2-5/h9,11-12,20-21,26H,4-8,10,13-19H2,1-3H3,(H,28,31);3-5H,9H2,1-2H3;1-2H,(H,3,4,5). The third-order valence-electron chi connectivity index (χ3n) is 7.26. The molecule has 13 nitrogen and oxygen atoms in total. The monoisotopic (exact) mass is 672 g/mol. The van der Waals surface area contributed by atoms with Gasteiger partial charge in [0.1, 0.15) is 18.6 Å². The molecule has 0 radical (unpaired) electrons. The lowest BCUT2D eigenvalue weighted by molar-refractivity contribution is -0.117. The highest BCUT2D eigenvalue weighted by molar-refractivity contribution is 5.93. The molecule has 0 saturated heterocycles. The molecule has 0 aliphatic heterocycles. The number of benzene rings is 2. The lowest BCUT2D eigenvalue weighted by atomic mass is 10.0. The number of amides is 3. The van der Waals surface area contributed by atoms with E-state index in [4.69, 9.17) is 24.8 Å². The van der Waals surface area contributed by atoms with Gasteiger partial charge in [-0.15, -0.1) is 0 Å². The summed E-state index contributed by atoms with van der Waals surface area (Å²) in [6.07, 6.45) is 8.09. The summed E-state index contributed by atoms with van der Waals surface area (Å²) in [5, 5.41) is 10.8. The largest absolute Gasteiger partial charge is 0.495 e. The molecule has 0 aromatic heterocycles. The predicted octanol–water partition coefficient (Wildman–Crippen LogP) is 4.86. The number of nitrogens with zero attached hydrogens (tertiary/aromatic N) is 2. The van der Waals surface area contributed by atoms with Gasteiger partial charge >= 0.3 is 0 Å². The molecule has 5 N–H and O–H groups in total. The van der Waals surface area contributed by atoms with Crippen LogP contribution in [-0.2, 0) is 25.7 Å². The molecule has 2 aromatic carbocycles. The van der Waals surface area contributed by atoms with Crippen molar-refractivity contribution in [1.29, 1.82) is 0 Å². The lowest BCUT2D eigenvalue weighted by Crippen LogP contribution is -2.29. The van der Waals surface area contributed by atoms with E-state index in [0.29, 0.717) is 56.3 Å². The number of anilines is 2. The van der Waals surface area contributed by atoms with Crippen molar-refractivity contribution in [2.24, 2.45) is 5.18 Å². The molecule has 1 atom stereocenters. The summed E-state index contributed by atoms with van der Waals surface area (Å²) in [4.78, 5) is 54.4. The molecule has 13 heteroatoms. The first-order valence-corrected chi connectivity index (χ1v) is 16.4. The van der Waals surface area contributed by atoms with Crippen molar-refractivity contribution in [2.45, 2.75) is 78.3 Å². The number of nitrogens with two attached hydrogens (primary N) is 1. The van der Waals surface area contributed by atoms with Crippen molar-refractivity contribution >= 4 is 36.4 Å². The number of imide groups is 1. The van der Waals surface area contributed by atoms with Crippen molar-refractivity contribution in [3.63, 3.8) is 0 Å². The summed E-state index contributed by atoms with van der Waals surface area (Å²) in [5.74, 6) is 0.739. The lowest BCUT2D eigenvalue weighted by Gasteiger charge is -2.26. The van der Waals surface area contributed by atoms with Gasteiger partial charge in [-0.2, -0.15) is 4.91 Å². The number of nitrogens with one attached hydrogen (secondary N) is 3. The van der Waals surface area contributed by atoms with Crippen LogP contribution in [0.25, 0.3) is 0 Å². The molecule has 48 heavy (non-hydrogen) atoms. The Balaban J connectivity index is 0.00000120. The number of aryl methyl sites for hydroxylation is 1. The number of aldehydes is 1. The molecular weight excluding hydrogens is 616 g/mol. The Morgan fingerprint density at radius 3 is 2.38 bits per heavy atom. The molecule has 0 spiro atoms. The van der Waals surface area contributed by atoms with E-state index in [1.165, 1.54) is 0 Å². The highest BCUT2D eigenvalue weighted by Gasteiger charge is 2.15. The molecule has 3 amide bonds. The van der Waals surface area contributed by atoms with E-state index in [-0.39, 0.29) is 12.5 Å². The minimum atomic E-state index is -0.0105. The number of hydrogen-bond donors (Lipinski definition) is 4. The van der Waals surface area contributed by atoms with E-state index in [1.807, 2.05) is 37.3 Å². The molecule has 2 aromatic rings. The van der Waals surface area contributed by atoms with E-state index >= 15 is 0 Å². The molecule has 2 rings (SSSR count). The second-order valence-electron chi connectivity index (χ2n) is 11.1. The number of carbonyl (C=O) groups is 4. The number of ether oxygens (including phenoxy) is 2. The smallest absolute Gasteiger partial charge is 0.224 e. The zero-order valence-electron chi connectivity index (χ0n) is 29.3. The van der Waals surface area contributed by atoms with Gasteiger partial charge in [0, 0.05) is 42.4 Å². The fourth-order valence-electron chi connectivity index (χ4n) is 4.47. The minimum absolute atomic E-state index is 0.0105. The van der Waals surface area contributed by atoms with Crippen LogP contribution in [0, 0.1) is 11.8 Å². The number of methoxy groups -OCH3 is 1. The quantitative estimate of drug-likeness (QED) is 0.0551. The van der Waals surface area contributed by atoms with E-state index in [0.717, 1.165) is 80.5 Å². The molecule has 0 bridgehead atoms. The molecule has 0 aliphatic rings. The SMILES string of the molecule is CCCC(C)N(C)Cc1c(C=O)cccc1NC(=O)CCCCCCNCCOCCN=O.COc1cc(C)ccc1N.O=CNC=O. The zero-order valence-corrected chi connectivity index (χ0v) is 29.3. The Labute approximate surface area is 285 Å². The number of unbranched alkanes of at least 4 members (excludes halogenated alkanes) is 3. The van der Waals surface area contributed by atoms with Gasteiger partial charge in [-0.3, -0.25) is 24.1 Å². The summed E-state index contributed by atoms with van der Waals surface area (Å²) in [7, 11) is 3.67. The van der Waals surface area contributed by atoms with Crippen LogP contribution in [0.15, 0.2) is 41.6 Å². The summed E-state index contributed by atoms with van der Waals surface area (Å²) >= 11 is 0. The number of nitrogen functional groups attached to an aromatic ring is 1. The van der Waals surface area contributed by atoms with Gasteiger partial charge in [-0.05, 0) is 70.5 Å². The van der Waals surface area contributed by atoms with Crippen LogP contribution >= 0.6 is 0 Å². The Bertz CT molecular complexity index is 1190. The zero-order chi connectivity index (χ0) is 36.0. The minimum Gasteiger partial charge on any atom is -0.495 e. The third-order valence-corrected chi connectivity index (χ3v) is 7.26. The summed E-state index contributed by atoms with van der Waals surface area (Å²) in [6, 6.07) is 11.6. The van der Waals surface area contributed by atoms with Gasteiger partial charge in [0.25, 0.3) is 0 Å². The van der Waals surface area contributed by atoms with Crippen LogP contribution < -0.4 is 26.4 Å². The van der Waals surface area contributed by atoms with Crippen LogP contribution in [0.4, 0.5) is 11.4 Å². The van der Waals surface area contributed by atoms with E-state index in [1.54, 1.807) is 18.5 Å². The molecule has 0 saturated carbocycles. The first-order valence-electron chi connectivity index (χ1n) is 16.4. The number of carbonyl (C=O) groups excluding carboxylic acids is 4. The number of rotatable bonds is 23. The van der Waals surface area contributed by atoms with Crippen molar-refractivity contribution in [1.82, 2.24) is 15.5 Å². The second kappa shape index (κ2) is 29.0. The maximum atomic E-state index is 12.5. The Morgan fingerprint density at radius 2 is 1.77 bits per heavy atom. The van der Waals surface area contributed by atoms with E-state index in [2.05, 4.69) is 41.6 Å². The van der Waals surface area contributed by atoms with Gasteiger partial charge in [0.05, 0.1) is 26.0 Å². The molecule has 268 valence electrons. The molecular formula is C35H56N6O7. The fraction of sp³-hybridized carbons (Fsp3) is 0.543. The summed E-state index contributed by atoms with van der Waals surface area (Å²) in [6.45, 7) is 9.80. The number of nitroso groups, excluding NO2 is 1. The average molecular weight is 673 g/mol. The van der Waals surface area contributed by atoms with Crippen LogP contribution in [0.1, 0.15) is 80.3 Å². The predicted molar refractivity (Wildman–Crippen MR) is 191 cm³/mol. The maximum absolute atomic E-state index is 12.5. The normalized spacial score (nSPS) is 10.8. The summed E-state index contributed by atoms with van der Waals surface area (Å²) < 4.78 is 10.2. The van der Waals surface area contributed by atoms with Crippen molar-refractivity contribution in [3.8, 4) is 5.75 Å². The Kier molecular flexibility index (Phi) is 26.4. The third kappa shape index (κ3) is 20.8. The van der Waals surface area contributed by atoms with Crippen molar-refractivity contribution < 1.29 is 28.7 Å². The fourth-order valence-corrected chi connectivity index (χ4v) is 4.47. The van der Waals surface area contributed by atoms with E-state index < -0.39 is 0 Å². The van der Waals surface area contributed by atoms with Crippen LogP contribution in [0.5, 0.6) is 5.75 Å². The highest BCUT2D eigenvalue weighted by atomic mass is 16.5. The van der Waals surface area contributed by atoms with E-state index in [9.17, 15) is 14.5 Å². The van der Waals surface area contributed by atoms with Crippen LogP contribution in [0.2, 0.25) is 0 Å². The van der Waals surface area contributed by atoms with Gasteiger partial charge in [-0.25, -0.2) is 0 Å². The Hall–Kier alpha value is -4.20. The average Bonchev–Trinajstić information content (AvgIpc) is 3.08. The Morgan fingerprint density at radius 1 is 1.04 bits per heavy atom. The first-order chi connectivity index (χ1) is 23.2. The van der Waals surface area contributed by atoms with Crippen LogP contribution in [-0.4, -0.2) is 83.0 Å². The molecule has 1 unspecified atom stereocenters. The van der Waals surface area contributed by atoms with Crippen LogP contribution in [0.3, 0.4) is 0 Å². The maximum Gasteiger partial charge on any atom is 0.224 e. The highest BCUT2D eigenvalue weighted by Crippen LogP contribution is 2.23. The molecule has 0 aliphatic carbocycles. The van der Waals surface area contributed by atoms with Gasteiger partial charge in [0.15, 0.2) is 0 Å². The van der Waals surface area contributed by atoms with Gasteiger partial charge in [0.2, 0.25) is 18.7 Å². The van der Waals surface area contributed by atoms with Gasteiger partial charge in [-0.1, -0.05) is 49.6 Å². The second-order valence-corrected chi connectivity index (χ2v) is 11.1. The van der Waals surface area contributed by atoms with Crippen molar-refractivity contribution in [3.05, 3.63) is 58.0 Å².